The molecule has 0 aromatic carbocycles. The van der Waals surface area contributed by atoms with Gasteiger partial charge in [0.15, 0.2) is 11.8 Å². The molecule has 0 saturated heterocycles. The predicted octanol–water partition coefficient (Wildman–Crippen LogP) is 4.08. The average Bonchev–Trinajstić information content (AvgIpc) is 3.30. The lowest BCUT2D eigenvalue weighted by Gasteiger charge is -2.40. The lowest BCUT2D eigenvalue weighted by atomic mass is 9.69. The van der Waals surface area contributed by atoms with Crippen molar-refractivity contribution in [2.45, 2.75) is 96.2 Å². The summed E-state index contributed by atoms with van der Waals surface area (Å²) in [5, 5.41) is 15.9. The van der Waals surface area contributed by atoms with Gasteiger partial charge in [-0.25, -0.2) is 4.99 Å². The maximum Gasteiger partial charge on any atom is 0.192 e. The number of fused-ring (bicyclic) bond motifs is 1. The fourth-order valence-electron chi connectivity index (χ4n) is 5.33. The van der Waals surface area contributed by atoms with Gasteiger partial charge in [0.1, 0.15) is 12.4 Å². The Kier molecular flexibility index (Phi) is 8.00. The van der Waals surface area contributed by atoms with E-state index >= 15 is 0 Å². The van der Waals surface area contributed by atoms with E-state index in [0.717, 1.165) is 29.4 Å². The van der Waals surface area contributed by atoms with Gasteiger partial charge in [-0.05, 0) is 50.9 Å². The van der Waals surface area contributed by atoms with E-state index in [0.29, 0.717) is 18.6 Å². The highest BCUT2D eigenvalue weighted by Gasteiger charge is 2.32. The van der Waals surface area contributed by atoms with Crippen LogP contribution in [0.15, 0.2) is 4.99 Å². The van der Waals surface area contributed by atoms with Crippen molar-refractivity contribution in [1.29, 1.82) is 0 Å². The summed E-state index contributed by atoms with van der Waals surface area (Å²) < 4.78 is 2.03. The van der Waals surface area contributed by atoms with E-state index in [1.54, 1.807) is 0 Å². The Morgan fingerprint density at radius 3 is 2.32 bits per heavy atom. The molecule has 1 aromatic rings. The molecule has 3 aliphatic rings. The van der Waals surface area contributed by atoms with E-state index in [4.69, 9.17) is 4.99 Å². The first-order valence-corrected chi connectivity index (χ1v) is 11.1. The zero-order valence-electron chi connectivity index (χ0n) is 17.5. The van der Waals surface area contributed by atoms with Crippen molar-refractivity contribution in [2.24, 2.45) is 23.9 Å². The number of aryl methyl sites for hydroxylation is 1. The summed E-state index contributed by atoms with van der Waals surface area (Å²) in [6.45, 7) is 2.57. The number of hydrogen-bond donors (Lipinski definition) is 2. The van der Waals surface area contributed by atoms with Gasteiger partial charge in [0.25, 0.3) is 0 Å². The van der Waals surface area contributed by atoms with Crippen LogP contribution in [0.5, 0.6) is 0 Å². The molecule has 0 radical (unpaired) electrons. The van der Waals surface area contributed by atoms with Crippen molar-refractivity contribution in [1.82, 2.24) is 25.4 Å². The summed E-state index contributed by atoms with van der Waals surface area (Å²) in [6, 6.07) is 1.14. The van der Waals surface area contributed by atoms with Crippen molar-refractivity contribution in [3.8, 4) is 0 Å². The van der Waals surface area contributed by atoms with Crippen LogP contribution in [0.3, 0.4) is 0 Å². The van der Waals surface area contributed by atoms with Crippen LogP contribution >= 0.6 is 24.0 Å². The zero-order valence-corrected chi connectivity index (χ0v) is 19.8. The smallest absolute Gasteiger partial charge is 0.192 e. The van der Waals surface area contributed by atoms with Crippen LogP contribution in [0.4, 0.5) is 0 Å². The molecule has 0 spiro atoms. The minimum absolute atomic E-state index is 0. The van der Waals surface area contributed by atoms with Gasteiger partial charge >= 0.3 is 0 Å². The highest BCUT2D eigenvalue weighted by molar-refractivity contribution is 14.0. The summed E-state index contributed by atoms with van der Waals surface area (Å²) in [6.07, 6.45) is 15.0. The normalized spacial score (nSPS) is 28.5. The predicted molar refractivity (Wildman–Crippen MR) is 124 cm³/mol. The number of hydrogen-bond acceptors (Lipinski definition) is 3. The second-order valence-corrected chi connectivity index (χ2v) is 8.97. The molecule has 3 saturated carbocycles. The maximum atomic E-state index is 4.90. The van der Waals surface area contributed by atoms with Crippen molar-refractivity contribution in [3.63, 3.8) is 0 Å². The molecule has 4 rings (SSSR count). The number of rotatable bonds is 4. The Morgan fingerprint density at radius 2 is 1.61 bits per heavy atom. The van der Waals surface area contributed by atoms with Crippen molar-refractivity contribution in [3.05, 3.63) is 11.6 Å². The topological polar surface area (TPSA) is 67.1 Å². The van der Waals surface area contributed by atoms with Crippen LogP contribution in [0.1, 0.15) is 82.3 Å². The van der Waals surface area contributed by atoms with Crippen LogP contribution in [0, 0.1) is 18.8 Å². The number of nitrogens with zero attached hydrogens (tertiary/aromatic N) is 4. The van der Waals surface area contributed by atoms with Crippen molar-refractivity contribution in [2.75, 3.05) is 0 Å². The molecule has 0 bridgehead atoms. The third-order valence-electron chi connectivity index (χ3n) is 7.14. The lowest BCUT2D eigenvalue weighted by Crippen LogP contribution is -2.49. The monoisotopic (exact) mass is 500 g/mol. The standard InChI is InChI=1S/C21H36N6.HI/c1-15-25-26-20(27(15)2)14-22-21(23-18-9-5-6-10-18)24-19-12-11-16-7-3-4-8-17(16)13-19;/h16-19H,3-14H2,1-2H3,(H2,22,23,24);1H. The second kappa shape index (κ2) is 10.3. The van der Waals surface area contributed by atoms with Crippen LogP contribution in [0.25, 0.3) is 0 Å². The third-order valence-corrected chi connectivity index (χ3v) is 7.14. The number of aliphatic imine (C=N–C) groups is 1. The van der Waals surface area contributed by atoms with E-state index < -0.39 is 0 Å². The zero-order chi connectivity index (χ0) is 18.6. The lowest BCUT2D eigenvalue weighted by molar-refractivity contribution is 0.150. The first-order valence-electron chi connectivity index (χ1n) is 11.1. The van der Waals surface area contributed by atoms with Gasteiger partial charge in [0.2, 0.25) is 0 Å². The summed E-state index contributed by atoms with van der Waals surface area (Å²) in [5.74, 6) is 4.77. The Hall–Kier alpha value is -0.860. The van der Waals surface area contributed by atoms with E-state index in [1.165, 1.54) is 70.6 Å². The molecule has 3 fully saturated rings. The van der Waals surface area contributed by atoms with Gasteiger partial charge in [-0.1, -0.05) is 38.5 Å². The molecule has 1 aromatic heterocycles. The van der Waals surface area contributed by atoms with E-state index in [1.807, 2.05) is 18.5 Å². The molecule has 3 atom stereocenters. The second-order valence-electron chi connectivity index (χ2n) is 8.97. The van der Waals surface area contributed by atoms with Gasteiger partial charge in [0, 0.05) is 19.1 Å². The minimum Gasteiger partial charge on any atom is -0.354 e. The quantitative estimate of drug-likeness (QED) is 0.372. The fraction of sp³-hybridized carbons (Fsp3) is 0.857. The third kappa shape index (κ3) is 5.39. The van der Waals surface area contributed by atoms with Gasteiger partial charge in [-0.15, -0.1) is 34.2 Å². The van der Waals surface area contributed by atoms with Crippen molar-refractivity contribution < 1.29 is 0 Å². The van der Waals surface area contributed by atoms with Gasteiger partial charge in [-0.2, -0.15) is 0 Å². The molecule has 3 aliphatic carbocycles. The van der Waals surface area contributed by atoms with E-state index in [-0.39, 0.29) is 24.0 Å². The van der Waals surface area contributed by atoms with E-state index in [2.05, 4.69) is 20.8 Å². The Morgan fingerprint density at radius 1 is 0.929 bits per heavy atom. The first-order chi connectivity index (χ1) is 13.2. The molecule has 0 aliphatic heterocycles. The van der Waals surface area contributed by atoms with Gasteiger partial charge < -0.3 is 15.2 Å². The van der Waals surface area contributed by atoms with Crippen molar-refractivity contribution >= 4 is 29.9 Å². The maximum absolute atomic E-state index is 4.90. The molecule has 28 heavy (non-hydrogen) atoms. The van der Waals surface area contributed by atoms with Gasteiger partial charge in [0.05, 0.1) is 0 Å². The molecule has 1 heterocycles. The highest BCUT2D eigenvalue weighted by Crippen LogP contribution is 2.40. The molecule has 6 nitrogen and oxygen atoms in total. The molecular formula is C21H37IN6. The molecule has 3 unspecified atom stereocenters. The Labute approximate surface area is 186 Å². The SMILES string of the molecule is Cc1nnc(CN=C(NC2CCCC2)NC2CCC3CCCCC3C2)n1C.I. The Bertz CT molecular complexity index is 651. The molecule has 7 heteroatoms. The number of halogens is 1. The molecular weight excluding hydrogens is 463 g/mol. The minimum atomic E-state index is 0. The van der Waals surface area contributed by atoms with E-state index in [9.17, 15) is 0 Å². The Balaban J connectivity index is 0.00000225. The van der Waals surface area contributed by atoms with Crippen LogP contribution < -0.4 is 10.6 Å². The van der Waals surface area contributed by atoms with Crippen LogP contribution in [-0.4, -0.2) is 32.8 Å². The highest BCUT2D eigenvalue weighted by atomic mass is 127. The largest absolute Gasteiger partial charge is 0.354 e. The van der Waals surface area contributed by atoms with Gasteiger partial charge in [-0.3, -0.25) is 0 Å². The first kappa shape index (κ1) is 21.8. The molecule has 0 amide bonds. The fourth-order valence-corrected chi connectivity index (χ4v) is 5.33. The number of aromatic nitrogens is 3. The summed E-state index contributed by atoms with van der Waals surface area (Å²) in [7, 11) is 2.02. The summed E-state index contributed by atoms with van der Waals surface area (Å²) in [5.41, 5.74) is 0. The molecule has 2 N–H and O–H groups in total. The number of nitrogens with one attached hydrogen (secondary N) is 2. The molecule has 158 valence electrons. The van der Waals surface area contributed by atoms with Crippen LogP contribution in [0.2, 0.25) is 0 Å². The van der Waals surface area contributed by atoms with Crippen LogP contribution in [-0.2, 0) is 13.6 Å². The summed E-state index contributed by atoms with van der Waals surface area (Å²) in [4.78, 5) is 4.90. The number of guanidine groups is 1. The average molecular weight is 500 g/mol. The summed E-state index contributed by atoms with van der Waals surface area (Å²) >= 11 is 0.